The molecular formula is C10H11NO2S. The van der Waals surface area contributed by atoms with Crippen LogP contribution in [-0.4, -0.2) is 17.6 Å². The van der Waals surface area contributed by atoms with Crippen molar-refractivity contribution in [3.8, 4) is 0 Å². The minimum atomic E-state index is -0.323. The molecule has 1 heterocycles. The Bertz CT molecular complexity index is 328. The summed E-state index contributed by atoms with van der Waals surface area (Å²) < 4.78 is 4.71. The molecule has 4 heteroatoms. The van der Waals surface area contributed by atoms with Gasteiger partial charge < -0.3 is 4.74 Å². The summed E-state index contributed by atoms with van der Waals surface area (Å²) in [5.41, 5.74) is 0. The van der Waals surface area contributed by atoms with Gasteiger partial charge in [0, 0.05) is 17.7 Å². The van der Waals surface area contributed by atoms with Gasteiger partial charge in [0.25, 0.3) is 0 Å². The van der Waals surface area contributed by atoms with Crippen molar-refractivity contribution in [2.45, 2.75) is 6.92 Å². The van der Waals surface area contributed by atoms with Crippen LogP contribution in [0, 0.1) is 0 Å². The second-order valence-electron chi connectivity index (χ2n) is 2.34. The molecule has 0 unspecified atom stereocenters. The fourth-order valence-electron chi connectivity index (χ4n) is 0.779. The minimum absolute atomic E-state index is 0.323. The third-order valence-electron chi connectivity index (χ3n) is 1.32. The van der Waals surface area contributed by atoms with Gasteiger partial charge in [0.15, 0.2) is 0 Å². The topological polar surface area (TPSA) is 39.2 Å². The molecule has 1 aromatic heterocycles. The van der Waals surface area contributed by atoms with Gasteiger partial charge in [-0.3, -0.25) is 0 Å². The van der Waals surface area contributed by atoms with Crippen LogP contribution < -0.4 is 0 Å². The Morgan fingerprint density at radius 2 is 2.50 bits per heavy atom. The summed E-state index contributed by atoms with van der Waals surface area (Å²) in [7, 11) is 0. The lowest BCUT2D eigenvalue weighted by Gasteiger charge is -1.92. The van der Waals surface area contributed by atoms with Crippen LogP contribution in [0.25, 0.3) is 6.08 Å². The molecule has 0 spiro atoms. The number of carbonyl (C=O) groups is 1. The number of carbonyl (C=O) groups excluding carboxylic acids is 1. The average molecular weight is 209 g/mol. The van der Waals surface area contributed by atoms with Crippen molar-refractivity contribution in [3.63, 3.8) is 0 Å². The lowest BCUT2D eigenvalue weighted by molar-refractivity contribution is -0.137. The van der Waals surface area contributed by atoms with Gasteiger partial charge >= 0.3 is 5.97 Å². The number of ether oxygens (including phenoxy) is 1. The maximum Gasteiger partial charge on any atom is 0.330 e. The fraction of sp³-hybridized carbons (Fsp3) is 0.200. The predicted molar refractivity (Wildman–Crippen MR) is 56.9 cm³/mol. The zero-order valence-corrected chi connectivity index (χ0v) is 8.66. The molecule has 3 nitrogen and oxygen atoms in total. The van der Waals surface area contributed by atoms with Crippen LogP contribution in [-0.2, 0) is 9.53 Å². The maximum atomic E-state index is 10.8. The number of esters is 1. The summed E-state index contributed by atoms with van der Waals surface area (Å²) in [6.45, 7) is 2.18. The summed E-state index contributed by atoms with van der Waals surface area (Å²) in [6, 6.07) is 0. The third kappa shape index (κ3) is 4.00. The quantitative estimate of drug-likeness (QED) is 0.434. The highest BCUT2D eigenvalue weighted by molar-refractivity contribution is 7.10. The van der Waals surface area contributed by atoms with E-state index in [-0.39, 0.29) is 5.97 Å². The maximum absolute atomic E-state index is 10.8. The largest absolute Gasteiger partial charge is 0.463 e. The Morgan fingerprint density at radius 3 is 3.14 bits per heavy atom. The van der Waals surface area contributed by atoms with Gasteiger partial charge in [0.1, 0.15) is 5.01 Å². The first kappa shape index (κ1) is 10.7. The number of hydrogen-bond donors (Lipinski definition) is 0. The molecule has 0 radical (unpaired) electrons. The molecule has 74 valence electrons. The van der Waals surface area contributed by atoms with E-state index in [2.05, 4.69) is 4.98 Å². The predicted octanol–water partition coefficient (Wildman–Crippen LogP) is 2.28. The van der Waals surface area contributed by atoms with E-state index in [4.69, 9.17) is 4.74 Å². The van der Waals surface area contributed by atoms with Crippen LogP contribution in [0.15, 0.2) is 29.8 Å². The molecular weight excluding hydrogens is 198 g/mol. The molecule has 0 aliphatic heterocycles. The van der Waals surface area contributed by atoms with Gasteiger partial charge in [-0.15, -0.1) is 11.3 Å². The van der Waals surface area contributed by atoms with Gasteiger partial charge in [-0.25, -0.2) is 9.78 Å². The fourth-order valence-corrected chi connectivity index (χ4v) is 1.32. The molecule has 0 aliphatic rings. The molecule has 0 N–H and O–H groups in total. The molecule has 0 fully saturated rings. The number of nitrogens with zero attached hydrogens (tertiary/aromatic N) is 1. The van der Waals surface area contributed by atoms with Crippen molar-refractivity contribution in [1.29, 1.82) is 0 Å². The van der Waals surface area contributed by atoms with Gasteiger partial charge in [-0.1, -0.05) is 12.2 Å². The SMILES string of the molecule is CCOC(=O)/C=C/C=C/c1nccs1. The van der Waals surface area contributed by atoms with Crippen LogP contribution >= 0.6 is 11.3 Å². The van der Waals surface area contributed by atoms with Crippen molar-refractivity contribution in [2.75, 3.05) is 6.61 Å². The van der Waals surface area contributed by atoms with Crippen molar-refractivity contribution >= 4 is 23.4 Å². The molecule has 0 amide bonds. The standard InChI is InChI=1S/C10H11NO2S/c1-2-13-10(12)6-4-3-5-9-11-7-8-14-9/h3-8H,2H2,1H3/b5-3+,6-4+. The highest BCUT2D eigenvalue weighted by atomic mass is 32.1. The summed E-state index contributed by atoms with van der Waals surface area (Å²) in [6.07, 6.45) is 8.35. The Balaban J connectivity index is 2.36. The van der Waals surface area contributed by atoms with E-state index >= 15 is 0 Å². The van der Waals surface area contributed by atoms with Gasteiger partial charge in [-0.05, 0) is 13.0 Å². The van der Waals surface area contributed by atoms with E-state index in [1.807, 2.05) is 11.5 Å². The molecule has 0 atom stereocenters. The van der Waals surface area contributed by atoms with Gasteiger partial charge in [0.05, 0.1) is 6.61 Å². The Morgan fingerprint density at radius 1 is 1.64 bits per heavy atom. The van der Waals surface area contributed by atoms with Crippen LogP contribution in [0.2, 0.25) is 0 Å². The van der Waals surface area contributed by atoms with Crippen LogP contribution in [0.3, 0.4) is 0 Å². The molecule has 1 rings (SSSR count). The lowest BCUT2D eigenvalue weighted by atomic mass is 10.4. The van der Waals surface area contributed by atoms with Crippen molar-refractivity contribution < 1.29 is 9.53 Å². The monoisotopic (exact) mass is 209 g/mol. The van der Waals surface area contributed by atoms with Crippen LogP contribution in [0.1, 0.15) is 11.9 Å². The van der Waals surface area contributed by atoms with E-state index in [0.29, 0.717) is 6.61 Å². The van der Waals surface area contributed by atoms with E-state index in [9.17, 15) is 4.79 Å². The minimum Gasteiger partial charge on any atom is -0.463 e. The molecule has 0 saturated heterocycles. The Kier molecular flexibility index (Phi) is 4.64. The average Bonchev–Trinajstić information content (AvgIpc) is 2.65. The molecule has 0 saturated carbocycles. The second kappa shape index (κ2) is 6.10. The third-order valence-corrected chi connectivity index (χ3v) is 2.06. The van der Waals surface area contributed by atoms with Crippen molar-refractivity contribution in [2.24, 2.45) is 0 Å². The Hall–Kier alpha value is -1.42. The first-order valence-electron chi connectivity index (χ1n) is 4.24. The smallest absolute Gasteiger partial charge is 0.330 e. The highest BCUT2D eigenvalue weighted by Gasteiger charge is 1.90. The summed E-state index contributed by atoms with van der Waals surface area (Å²) >= 11 is 1.54. The molecule has 0 aromatic carbocycles. The van der Waals surface area contributed by atoms with Gasteiger partial charge in [0.2, 0.25) is 0 Å². The summed E-state index contributed by atoms with van der Waals surface area (Å²) in [5.74, 6) is -0.323. The normalized spacial score (nSPS) is 11.2. The zero-order chi connectivity index (χ0) is 10.2. The second-order valence-corrected chi connectivity index (χ2v) is 3.27. The van der Waals surface area contributed by atoms with E-state index in [1.165, 1.54) is 6.08 Å². The highest BCUT2D eigenvalue weighted by Crippen LogP contribution is 2.05. The van der Waals surface area contributed by atoms with E-state index in [0.717, 1.165) is 5.01 Å². The van der Waals surface area contributed by atoms with Crippen LogP contribution in [0.4, 0.5) is 0 Å². The van der Waals surface area contributed by atoms with E-state index in [1.54, 1.807) is 36.6 Å². The van der Waals surface area contributed by atoms with Crippen molar-refractivity contribution in [1.82, 2.24) is 4.98 Å². The molecule has 1 aromatic rings. The summed E-state index contributed by atoms with van der Waals surface area (Å²) in [4.78, 5) is 14.9. The molecule has 14 heavy (non-hydrogen) atoms. The number of rotatable bonds is 4. The zero-order valence-electron chi connectivity index (χ0n) is 7.84. The van der Waals surface area contributed by atoms with Gasteiger partial charge in [-0.2, -0.15) is 0 Å². The van der Waals surface area contributed by atoms with Crippen LogP contribution in [0.5, 0.6) is 0 Å². The lowest BCUT2D eigenvalue weighted by Crippen LogP contribution is -1.98. The number of hydrogen-bond acceptors (Lipinski definition) is 4. The molecule has 0 aliphatic carbocycles. The first-order chi connectivity index (χ1) is 6.83. The van der Waals surface area contributed by atoms with Crippen molar-refractivity contribution in [3.05, 3.63) is 34.8 Å². The Labute approximate surface area is 86.7 Å². The molecule has 0 bridgehead atoms. The summed E-state index contributed by atoms with van der Waals surface area (Å²) in [5, 5.41) is 2.81. The van der Waals surface area contributed by atoms with E-state index < -0.39 is 0 Å². The number of thiazole rings is 1. The number of aromatic nitrogens is 1. The first-order valence-corrected chi connectivity index (χ1v) is 5.12. The number of allylic oxidation sites excluding steroid dienone is 2.